The van der Waals surface area contributed by atoms with Crippen molar-refractivity contribution in [3.8, 4) is 0 Å². The standard InChI is InChI=1S/C11H24N2O3/c1-11(12-2,10(14)16-5)6-7-13(3)8-9-15-4/h12H,6-9H2,1-5H3. The van der Waals surface area contributed by atoms with Gasteiger partial charge >= 0.3 is 5.97 Å². The largest absolute Gasteiger partial charge is 0.468 e. The molecule has 0 aliphatic heterocycles. The molecule has 1 unspecified atom stereocenters. The lowest BCUT2D eigenvalue weighted by Gasteiger charge is -2.28. The summed E-state index contributed by atoms with van der Waals surface area (Å²) in [7, 11) is 6.87. The molecule has 1 N–H and O–H groups in total. The van der Waals surface area contributed by atoms with E-state index in [1.807, 2.05) is 14.0 Å². The van der Waals surface area contributed by atoms with E-state index in [-0.39, 0.29) is 5.97 Å². The molecule has 96 valence electrons. The Morgan fingerprint density at radius 1 is 1.38 bits per heavy atom. The second-order valence-electron chi connectivity index (χ2n) is 4.12. The number of likely N-dealkylation sites (N-methyl/N-ethyl adjacent to an activating group) is 2. The van der Waals surface area contributed by atoms with Crippen LogP contribution >= 0.6 is 0 Å². The fraction of sp³-hybridized carbons (Fsp3) is 0.909. The summed E-state index contributed by atoms with van der Waals surface area (Å²) in [6.45, 7) is 4.22. The number of methoxy groups -OCH3 is 2. The summed E-state index contributed by atoms with van der Waals surface area (Å²) < 4.78 is 9.77. The first kappa shape index (κ1) is 15.3. The highest BCUT2D eigenvalue weighted by atomic mass is 16.5. The van der Waals surface area contributed by atoms with E-state index >= 15 is 0 Å². The fourth-order valence-corrected chi connectivity index (χ4v) is 1.33. The van der Waals surface area contributed by atoms with Gasteiger partial charge in [0.05, 0.1) is 13.7 Å². The van der Waals surface area contributed by atoms with E-state index in [1.165, 1.54) is 7.11 Å². The smallest absolute Gasteiger partial charge is 0.325 e. The molecule has 0 bridgehead atoms. The quantitative estimate of drug-likeness (QED) is 0.602. The molecule has 0 aromatic rings. The molecule has 0 aliphatic carbocycles. The summed E-state index contributed by atoms with van der Waals surface area (Å²) >= 11 is 0. The Labute approximate surface area is 98.1 Å². The first-order valence-corrected chi connectivity index (χ1v) is 5.45. The number of carbonyl (C=O) groups is 1. The summed E-state index contributed by atoms with van der Waals surface area (Å²) in [6, 6.07) is 0. The molecule has 0 saturated carbocycles. The van der Waals surface area contributed by atoms with Gasteiger partial charge in [0.25, 0.3) is 0 Å². The molecule has 5 nitrogen and oxygen atoms in total. The van der Waals surface area contributed by atoms with Crippen molar-refractivity contribution in [1.29, 1.82) is 0 Å². The normalized spacial score (nSPS) is 14.9. The minimum absolute atomic E-state index is 0.227. The molecule has 0 spiro atoms. The summed E-state index contributed by atoms with van der Waals surface area (Å²) in [5.41, 5.74) is -0.615. The Bertz CT molecular complexity index is 211. The molecule has 0 heterocycles. The first-order chi connectivity index (χ1) is 7.50. The van der Waals surface area contributed by atoms with Crippen LogP contribution in [0.15, 0.2) is 0 Å². The third-order valence-electron chi connectivity index (χ3n) is 2.86. The first-order valence-electron chi connectivity index (χ1n) is 5.45. The number of esters is 1. The zero-order valence-corrected chi connectivity index (χ0v) is 11.0. The Morgan fingerprint density at radius 3 is 2.44 bits per heavy atom. The predicted octanol–water partition coefficient (Wildman–Crippen LogP) is 0.106. The van der Waals surface area contributed by atoms with Crippen LogP contribution in [0.3, 0.4) is 0 Å². The van der Waals surface area contributed by atoms with Crippen molar-refractivity contribution >= 4 is 5.97 Å². The zero-order valence-electron chi connectivity index (χ0n) is 11.0. The predicted molar refractivity (Wildman–Crippen MR) is 63.5 cm³/mol. The van der Waals surface area contributed by atoms with Crippen molar-refractivity contribution in [2.75, 3.05) is 48.0 Å². The van der Waals surface area contributed by atoms with Gasteiger partial charge in [-0.1, -0.05) is 0 Å². The molecule has 0 fully saturated rings. The minimum atomic E-state index is -0.615. The number of hydrogen-bond donors (Lipinski definition) is 1. The highest BCUT2D eigenvalue weighted by Crippen LogP contribution is 2.11. The molecule has 16 heavy (non-hydrogen) atoms. The van der Waals surface area contributed by atoms with Crippen LogP contribution < -0.4 is 5.32 Å². The van der Waals surface area contributed by atoms with Crippen LogP contribution in [0.25, 0.3) is 0 Å². The molecule has 0 aromatic heterocycles. The van der Waals surface area contributed by atoms with Crippen LogP contribution in [-0.2, 0) is 14.3 Å². The Hall–Kier alpha value is -0.650. The molecule has 0 radical (unpaired) electrons. The van der Waals surface area contributed by atoms with Gasteiger partial charge in [0.15, 0.2) is 0 Å². The molecule has 0 aromatic carbocycles. The van der Waals surface area contributed by atoms with E-state index in [9.17, 15) is 4.79 Å². The van der Waals surface area contributed by atoms with E-state index < -0.39 is 5.54 Å². The summed E-state index contributed by atoms with van der Waals surface area (Å²) in [5, 5.41) is 3.01. The average Bonchev–Trinajstić information content (AvgIpc) is 2.32. The van der Waals surface area contributed by atoms with Gasteiger partial charge in [-0.3, -0.25) is 4.79 Å². The maximum Gasteiger partial charge on any atom is 0.325 e. The Kier molecular flexibility index (Phi) is 7.29. The van der Waals surface area contributed by atoms with E-state index in [0.29, 0.717) is 13.0 Å². The SMILES string of the molecule is CNC(C)(CCN(C)CCOC)C(=O)OC. The van der Waals surface area contributed by atoms with Crippen LogP contribution in [0.5, 0.6) is 0 Å². The van der Waals surface area contributed by atoms with E-state index in [2.05, 4.69) is 10.2 Å². The Morgan fingerprint density at radius 2 is 2.00 bits per heavy atom. The summed E-state index contributed by atoms with van der Waals surface area (Å²) in [6.07, 6.45) is 0.705. The minimum Gasteiger partial charge on any atom is -0.468 e. The zero-order chi connectivity index (χ0) is 12.6. The van der Waals surface area contributed by atoms with Crippen molar-refractivity contribution in [1.82, 2.24) is 10.2 Å². The van der Waals surface area contributed by atoms with E-state index in [0.717, 1.165) is 13.1 Å². The van der Waals surface area contributed by atoms with Crippen LogP contribution in [0.1, 0.15) is 13.3 Å². The second kappa shape index (κ2) is 7.60. The van der Waals surface area contributed by atoms with Gasteiger partial charge in [-0.2, -0.15) is 0 Å². The lowest BCUT2D eigenvalue weighted by molar-refractivity contribution is -0.148. The average molecular weight is 232 g/mol. The number of nitrogens with one attached hydrogen (secondary N) is 1. The van der Waals surface area contributed by atoms with Crippen molar-refractivity contribution in [2.24, 2.45) is 0 Å². The maximum atomic E-state index is 11.6. The monoisotopic (exact) mass is 232 g/mol. The number of carbonyl (C=O) groups excluding carboxylic acids is 1. The molecule has 0 amide bonds. The van der Waals surface area contributed by atoms with Crippen molar-refractivity contribution < 1.29 is 14.3 Å². The lowest BCUT2D eigenvalue weighted by atomic mass is 9.98. The third-order valence-corrected chi connectivity index (χ3v) is 2.86. The molecular formula is C11H24N2O3. The highest BCUT2D eigenvalue weighted by molar-refractivity contribution is 5.80. The van der Waals surface area contributed by atoms with Gasteiger partial charge in [-0.15, -0.1) is 0 Å². The van der Waals surface area contributed by atoms with Crippen molar-refractivity contribution in [3.05, 3.63) is 0 Å². The van der Waals surface area contributed by atoms with Crippen LogP contribution in [0, 0.1) is 0 Å². The Balaban J connectivity index is 4.08. The third kappa shape index (κ3) is 4.92. The molecule has 0 aliphatic rings. The second-order valence-corrected chi connectivity index (χ2v) is 4.12. The topological polar surface area (TPSA) is 50.8 Å². The molecular weight excluding hydrogens is 208 g/mol. The van der Waals surface area contributed by atoms with E-state index in [4.69, 9.17) is 9.47 Å². The van der Waals surface area contributed by atoms with Gasteiger partial charge in [-0.05, 0) is 27.4 Å². The van der Waals surface area contributed by atoms with E-state index in [1.54, 1.807) is 14.2 Å². The lowest BCUT2D eigenvalue weighted by Crippen LogP contribution is -2.50. The number of ether oxygens (including phenoxy) is 2. The highest BCUT2D eigenvalue weighted by Gasteiger charge is 2.32. The van der Waals surface area contributed by atoms with Gasteiger partial charge in [0.1, 0.15) is 5.54 Å². The van der Waals surface area contributed by atoms with Crippen LogP contribution in [0.2, 0.25) is 0 Å². The molecule has 1 atom stereocenters. The molecule has 5 heteroatoms. The summed E-state index contributed by atoms with van der Waals surface area (Å²) in [4.78, 5) is 13.7. The number of hydrogen-bond acceptors (Lipinski definition) is 5. The van der Waals surface area contributed by atoms with Crippen LogP contribution in [-0.4, -0.2) is 64.4 Å². The van der Waals surface area contributed by atoms with Gasteiger partial charge < -0.3 is 19.7 Å². The fourth-order valence-electron chi connectivity index (χ4n) is 1.33. The maximum absolute atomic E-state index is 11.6. The van der Waals surface area contributed by atoms with Crippen molar-refractivity contribution in [2.45, 2.75) is 18.9 Å². The summed E-state index contributed by atoms with van der Waals surface area (Å²) in [5.74, 6) is -0.227. The number of rotatable bonds is 8. The molecule has 0 saturated heterocycles. The van der Waals surface area contributed by atoms with Gasteiger partial charge in [0, 0.05) is 20.2 Å². The van der Waals surface area contributed by atoms with Crippen molar-refractivity contribution in [3.63, 3.8) is 0 Å². The van der Waals surface area contributed by atoms with Gasteiger partial charge in [0.2, 0.25) is 0 Å². The molecule has 0 rings (SSSR count). The van der Waals surface area contributed by atoms with Crippen LogP contribution in [0.4, 0.5) is 0 Å². The van der Waals surface area contributed by atoms with Gasteiger partial charge in [-0.25, -0.2) is 0 Å². The number of nitrogens with zero attached hydrogens (tertiary/aromatic N) is 1.